The molecule has 4 heteroatoms. The van der Waals surface area contributed by atoms with Crippen LogP contribution in [0.25, 0.3) is 0 Å². The fourth-order valence-corrected chi connectivity index (χ4v) is 2.98. The first-order valence-corrected chi connectivity index (χ1v) is 6.92. The molecule has 0 aromatic carbocycles. The van der Waals surface area contributed by atoms with E-state index in [4.69, 9.17) is 15.2 Å². The number of nitrogens with two attached hydrogens (primary N) is 1. The third kappa shape index (κ3) is 3.41. The minimum absolute atomic E-state index is 0.311. The van der Waals surface area contributed by atoms with E-state index in [1.54, 1.807) is 0 Å². The van der Waals surface area contributed by atoms with Gasteiger partial charge in [0, 0.05) is 32.3 Å². The molecule has 2 N–H and O–H groups in total. The van der Waals surface area contributed by atoms with E-state index in [1.807, 2.05) is 0 Å². The third-order valence-electron chi connectivity index (χ3n) is 3.89. The number of nitrogens with zero attached hydrogens (tertiary/aromatic N) is 1. The molecule has 4 nitrogen and oxygen atoms in total. The molecule has 2 aliphatic rings. The van der Waals surface area contributed by atoms with Crippen LogP contribution in [0, 0.1) is 0 Å². The second-order valence-electron chi connectivity index (χ2n) is 5.40. The summed E-state index contributed by atoms with van der Waals surface area (Å²) in [5.41, 5.74) is 5.96. The minimum atomic E-state index is 0.311. The lowest BCUT2D eigenvalue weighted by Gasteiger charge is -2.34. The molecule has 0 radical (unpaired) electrons. The Bertz CT molecular complexity index is 237. The summed E-state index contributed by atoms with van der Waals surface area (Å²) < 4.78 is 11.7. The van der Waals surface area contributed by atoms with Gasteiger partial charge >= 0.3 is 0 Å². The average Bonchev–Trinajstić information content (AvgIpc) is 2.59. The fraction of sp³-hybridized carbons (Fsp3) is 1.00. The lowest BCUT2D eigenvalue weighted by molar-refractivity contribution is -0.0118. The number of ether oxygens (including phenoxy) is 2. The van der Waals surface area contributed by atoms with Crippen molar-refractivity contribution in [1.82, 2.24) is 4.90 Å². The fourth-order valence-electron chi connectivity index (χ4n) is 2.98. The van der Waals surface area contributed by atoms with E-state index in [2.05, 4.69) is 18.7 Å². The van der Waals surface area contributed by atoms with Gasteiger partial charge in [-0.1, -0.05) is 0 Å². The summed E-state index contributed by atoms with van der Waals surface area (Å²) in [7, 11) is 0. The van der Waals surface area contributed by atoms with Crippen molar-refractivity contribution in [2.75, 3.05) is 26.2 Å². The zero-order chi connectivity index (χ0) is 12.3. The maximum atomic E-state index is 5.98. The summed E-state index contributed by atoms with van der Waals surface area (Å²) in [6.07, 6.45) is 4.44. The van der Waals surface area contributed by atoms with Crippen molar-refractivity contribution in [1.29, 1.82) is 0 Å². The monoisotopic (exact) mass is 242 g/mol. The first-order chi connectivity index (χ1) is 8.20. The largest absolute Gasteiger partial charge is 0.377 e. The van der Waals surface area contributed by atoms with Crippen LogP contribution < -0.4 is 5.73 Å². The van der Waals surface area contributed by atoms with Gasteiger partial charge in [0.2, 0.25) is 0 Å². The van der Waals surface area contributed by atoms with Crippen molar-refractivity contribution in [3.05, 3.63) is 0 Å². The average molecular weight is 242 g/mol. The molecule has 4 unspecified atom stereocenters. The summed E-state index contributed by atoms with van der Waals surface area (Å²) >= 11 is 0. The highest BCUT2D eigenvalue weighted by Crippen LogP contribution is 2.25. The van der Waals surface area contributed by atoms with Gasteiger partial charge in [-0.25, -0.2) is 0 Å². The molecule has 4 atom stereocenters. The predicted octanol–water partition coefficient (Wildman–Crippen LogP) is 0.992. The van der Waals surface area contributed by atoms with Crippen LogP contribution in [0.15, 0.2) is 0 Å². The van der Waals surface area contributed by atoms with Gasteiger partial charge in [0.25, 0.3) is 0 Å². The Kier molecular flexibility index (Phi) is 4.79. The molecule has 17 heavy (non-hydrogen) atoms. The van der Waals surface area contributed by atoms with Crippen molar-refractivity contribution < 1.29 is 9.47 Å². The first-order valence-electron chi connectivity index (χ1n) is 6.92. The van der Waals surface area contributed by atoms with Crippen LogP contribution in [0.1, 0.15) is 33.1 Å². The van der Waals surface area contributed by atoms with Gasteiger partial charge in [-0.05, 0) is 33.1 Å². The lowest BCUT2D eigenvalue weighted by atomic mass is 10.1. The first kappa shape index (κ1) is 13.3. The standard InChI is InChI=1S/C13H26N2O2/c1-10-4-5-13(17-10)12(8-14)15-6-3-7-16-11(2)9-15/h10-13H,3-9,14H2,1-2H3. The van der Waals surface area contributed by atoms with E-state index in [-0.39, 0.29) is 0 Å². The van der Waals surface area contributed by atoms with Gasteiger partial charge in [-0.2, -0.15) is 0 Å². The summed E-state index contributed by atoms with van der Waals surface area (Å²) in [5.74, 6) is 0. The summed E-state index contributed by atoms with van der Waals surface area (Å²) in [6.45, 7) is 7.92. The second-order valence-corrected chi connectivity index (χ2v) is 5.40. The number of rotatable bonds is 3. The van der Waals surface area contributed by atoms with Crippen LogP contribution in [0.4, 0.5) is 0 Å². The normalized spacial score (nSPS) is 37.9. The van der Waals surface area contributed by atoms with Crippen LogP contribution in [0.2, 0.25) is 0 Å². The molecular formula is C13H26N2O2. The molecule has 0 amide bonds. The Morgan fingerprint density at radius 1 is 1.29 bits per heavy atom. The summed E-state index contributed by atoms with van der Waals surface area (Å²) in [4.78, 5) is 2.47. The quantitative estimate of drug-likeness (QED) is 0.802. The highest BCUT2D eigenvalue weighted by Gasteiger charge is 2.33. The molecule has 2 saturated heterocycles. The van der Waals surface area contributed by atoms with Gasteiger partial charge in [0.1, 0.15) is 0 Å². The molecule has 0 bridgehead atoms. The Balaban J connectivity index is 1.96. The highest BCUT2D eigenvalue weighted by atomic mass is 16.5. The molecule has 2 aliphatic heterocycles. The summed E-state index contributed by atoms with van der Waals surface area (Å²) in [6, 6.07) is 0.365. The Morgan fingerprint density at radius 3 is 2.76 bits per heavy atom. The number of hydrogen-bond acceptors (Lipinski definition) is 4. The molecule has 0 saturated carbocycles. The lowest BCUT2D eigenvalue weighted by Crippen LogP contribution is -2.50. The molecular weight excluding hydrogens is 216 g/mol. The van der Waals surface area contributed by atoms with Crippen LogP contribution in [0.5, 0.6) is 0 Å². The van der Waals surface area contributed by atoms with Crippen molar-refractivity contribution in [3.8, 4) is 0 Å². The van der Waals surface area contributed by atoms with Crippen LogP contribution >= 0.6 is 0 Å². The molecule has 0 aliphatic carbocycles. The van der Waals surface area contributed by atoms with Crippen LogP contribution in [-0.2, 0) is 9.47 Å². The van der Waals surface area contributed by atoms with Gasteiger partial charge in [-0.15, -0.1) is 0 Å². The molecule has 2 rings (SSSR count). The Morgan fingerprint density at radius 2 is 2.12 bits per heavy atom. The van der Waals surface area contributed by atoms with E-state index in [9.17, 15) is 0 Å². The minimum Gasteiger partial charge on any atom is -0.377 e. The molecule has 2 heterocycles. The second kappa shape index (κ2) is 6.14. The zero-order valence-corrected chi connectivity index (χ0v) is 11.1. The summed E-state index contributed by atoms with van der Waals surface area (Å²) in [5, 5.41) is 0. The van der Waals surface area contributed by atoms with Crippen LogP contribution in [-0.4, -0.2) is 55.5 Å². The van der Waals surface area contributed by atoms with E-state index in [0.29, 0.717) is 30.9 Å². The zero-order valence-electron chi connectivity index (χ0n) is 11.1. The smallest absolute Gasteiger partial charge is 0.0747 e. The van der Waals surface area contributed by atoms with Gasteiger partial charge in [0.05, 0.1) is 18.3 Å². The van der Waals surface area contributed by atoms with Crippen LogP contribution in [0.3, 0.4) is 0 Å². The van der Waals surface area contributed by atoms with E-state index >= 15 is 0 Å². The van der Waals surface area contributed by atoms with Crippen molar-refractivity contribution in [2.24, 2.45) is 5.73 Å². The van der Waals surface area contributed by atoms with E-state index < -0.39 is 0 Å². The van der Waals surface area contributed by atoms with E-state index in [0.717, 1.165) is 32.5 Å². The maximum absolute atomic E-state index is 5.98. The maximum Gasteiger partial charge on any atom is 0.0747 e. The molecule has 2 fully saturated rings. The molecule has 0 aromatic heterocycles. The van der Waals surface area contributed by atoms with Gasteiger partial charge in [0.15, 0.2) is 0 Å². The van der Waals surface area contributed by atoms with Gasteiger partial charge in [-0.3, -0.25) is 4.90 Å². The van der Waals surface area contributed by atoms with Gasteiger partial charge < -0.3 is 15.2 Å². The highest BCUT2D eigenvalue weighted by molar-refractivity contribution is 4.87. The van der Waals surface area contributed by atoms with Crippen molar-refractivity contribution in [2.45, 2.75) is 57.5 Å². The Labute approximate surface area is 104 Å². The Hall–Kier alpha value is -0.160. The van der Waals surface area contributed by atoms with Crippen molar-refractivity contribution in [3.63, 3.8) is 0 Å². The molecule has 100 valence electrons. The molecule has 0 spiro atoms. The topological polar surface area (TPSA) is 47.7 Å². The van der Waals surface area contributed by atoms with Crippen molar-refractivity contribution >= 4 is 0 Å². The molecule has 0 aromatic rings. The predicted molar refractivity (Wildman–Crippen MR) is 68.0 cm³/mol. The van der Waals surface area contributed by atoms with E-state index in [1.165, 1.54) is 6.42 Å². The third-order valence-corrected chi connectivity index (χ3v) is 3.89. The number of hydrogen-bond donors (Lipinski definition) is 1. The SMILES string of the molecule is CC1CN(C(CN)C2CCC(C)O2)CCCO1.